The molecule has 5 nitrogen and oxygen atoms in total. The van der Waals surface area contributed by atoms with E-state index in [1.807, 2.05) is 6.07 Å². The number of fused-ring (bicyclic) bond motifs is 1. The fourth-order valence-electron chi connectivity index (χ4n) is 3.29. The minimum absolute atomic E-state index is 0.687. The van der Waals surface area contributed by atoms with Crippen molar-refractivity contribution < 1.29 is 0 Å². The number of nitrogens with zero attached hydrogens (tertiary/aromatic N) is 5. The lowest BCUT2D eigenvalue weighted by atomic mass is 10.0. The van der Waals surface area contributed by atoms with Gasteiger partial charge in [-0.05, 0) is 19.2 Å². The number of anilines is 1. The molecule has 0 saturated carbocycles. The van der Waals surface area contributed by atoms with Crippen LogP contribution in [0.1, 0.15) is 0 Å². The van der Waals surface area contributed by atoms with E-state index in [0.29, 0.717) is 6.04 Å². The number of aromatic nitrogens is 2. The van der Waals surface area contributed by atoms with Crippen molar-refractivity contribution in [3.8, 4) is 0 Å². The highest BCUT2D eigenvalue weighted by atomic mass is 15.4. The molecule has 21 heavy (non-hydrogen) atoms. The summed E-state index contributed by atoms with van der Waals surface area (Å²) in [6, 6.07) is 8.95. The van der Waals surface area contributed by atoms with Crippen LogP contribution >= 0.6 is 0 Å². The van der Waals surface area contributed by atoms with Crippen molar-refractivity contribution in [2.24, 2.45) is 0 Å². The number of hydrogen-bond acceptors (Lipinski definition) is 5. The van der Waals surface area contributed by atoms with Crippen molar-refractivity contribution in [2.45, 2.75) is 6.04 Å². The van der Waals surface area contributed by atoms with Gasteiger partial charge in [0.2, 0.25) is 0 Å². The first-order valence-electron chi connectivity index (χ1n) is 7.68. The van der Waals surface area contributed by atoms with Crippen LogP contribution in [0, 0.1) is 0 Å². The number of rotatable bonds is 2. The highest BCUT2D eigenvalue weighted by Crippen LogP contribution is 2.28. The van der Waals surface area contributed by atoms with Gasteiger partial charge in [-0.15, -0.1) is 0 Å². The molecular weight excluding hydrogens is 262 g/mol. The van der Waals surface area contributed by atoms with E-state index in [9.17, 15) is 0 Å². The first-order valence-corrected chi connectivity index (χ1v) is 7.68. The Balaban J connectivity index is 1.47. The summed E-state index contributed by atoms with van der Waals surface area (Å²) in [6.45, 7) is 6.94. The lowest BCUT2D eigenvalue weighted by Crippen LogP contribution is -2.63. The number of likely N-dealkylation sites (N-methyl/N-ethyl adjacent to an activating group) is 1. The quantitative estimate of drug-likeness (QED) is 0.824. The van der Waals surface area contributed by atoms with Crippen molar-refractivity contribution in [1.29, 1.82) is 0 Å². The molecule has 4 rings (SSSR count). The van der Waals surface area contributed by atoms with Gasteiger partial charge in [0.05, 0.1) is 5.52 Å². The molecule has 2 fully saturated rings. The predicted octanol–water partition coefficient (Wildman–Crippen LogP) is 1.07. The second-order valence-corrected chi connectivity index (χ2v) is 6.11. The summed E-state index contributed by atoms with van der Waals surface area (Å²) in [5, 5.41) is 1.16. The summed E-state index contributed by atoms with van der Waals surface area (Å²) in [5.41, 5.74) is 1.03. The van der Waals surface area contributed by atoms with Crippen molar-refractivity contribution in [2.75, 3.05) is 51.2 Å². The summed E-state index contributed by atoms with van der Waals surface area (Å²) < 4.78 is 0. The zero-order valence-corrected chi connectivity index (χ0v) is 12.4. The summed E-state index contributed by atoms with van der Waals surface area (Å²) in [7, 11) is 2.21. The summed E-state index contributed by atoms with van der Waals surface area (Å²) >= 11 is 0. The molecule has 5 heteroatoms. The Hall–Kier alpha value is -1.72. The minimum atomic E-state index is 0.687. The maximum atomic E-state index is 4.51. The van der Waals surface area contributed by atoms with Crippen molar-refractivity contribution >= 4 is 16.7 Å². The predicted molar refractivity (Wildman–Crippen MR) is 84.6 cm³/mol. The van der Waals surface area contributed by atoms with Crippen LogP contribution < -0.4 is 4.90 Å². The Kier molecular flexibility index (Phi) is 3.24. The average molecular weight is 283 g/mol. The lowest BCUT2D eigenvalue weighted by Gasteiger charge is -2.48. The van der Waals surface area contributed by atoms with Crippen molar-refractivity contribution in [3.05, 3.63) is 30.6 Å². The number of piperazine rings is 1. The van der Waals surface area contributed by atoms with Crippen LogP contribution in [0.15, 0.2) is 30.6 Å². The molecule has 2 aliphatic heterocycles. The van der Waals surface area contributed by atoms with Gasteiger partial charge in [-0.3, -0.25) is 4.90 Å². The molecule has 1 aromatic carbocycles. The average Bonchev–Trinajstić information content (AvgIpc) is 2.48. The Bertz CT molecular complexity index is 624. The van der Waals surface area contributed by atoms with E-state index in [-0.39, 0.29) is 0 Å². The second kappa shape index (κ2) is 5.24. The molecule has 0 unspecified atom stereocenters. The molecule has 1 aromatic heterocycles. The van der Waals surface area contributed by atoms with Gasteiger partial charge in [0.25, 0.3) is 0 Å². The zero-order chi connectivity index (χ0) is 14.2. The summed E-state index contributed by atoms with van der Waals surface area (Å²) in [4.78, 5) is 16.3. The van der Waals surface area contributed by atoms with Gasteiger partial charge in [0, 0.05) is 50.7 Å². The van der Waals surface area contributed by atoms with Gasteiger partial charge in [0.1, 0.15) is 12.1 Å². The SMILES string of the molecule is CN1CCN(C2CN(c3ncnc4ccccc34)C2)CC1. The van der Waals surface area contributed by atoms with Crippen molar-refractivity contribution in [3.63, 3.8) is 0 Å². The number of benzene rings is 1. The monoisotopic (exact) mass is 283 g/mol. The molecule has 0 radical (unpaired) electrons. The van der Waals surface area contributed by atoms with E-state index in [1.54, 1.807) is 6.33 Å². The molecule has 0 aliphatic carbocycles. The van der Waals surface area contributed by atoms with E-state index in [2.05, 4.69) is 49.9 Å². The van der Waals surface area contributed by atoms with Crippen LogP contribution in [-0.4, -0.2) is 72.1 Å². The first-order chi connectivity index (χ1) is 10.3. The highest BCUT2D eigenvalue weighted by Gasteiger charge is 2.34. The van der Waals surface area contributed by atoms with Gasteiger partial charge < -0.3 is 9.80 Å². The molecule has 0 amide bonds. The maximum absolute atomic E-state index is 4.51. The lowest BCUT2D eigenvalue weighted by molar-refractivity contribution is 0.0962. The molecular formula is C16H21N5. The fourth-order valence-corrected chi connectivity index (χ4v) is 3.29. The third kappa shape index (κ3) is 2.36. The van der Waals surface area contributed by atoms with Gasteiger partial charge in [-0.1, -0.05) is 12.1 Å². The Morgan fingerprint density at radius 2 is 1.76 bits per heavy atom. The summed E-state index contributed by atoms with van der Waals surface area (Å²) in [5.74, 6) is 1.09. The van der Waals surface area contributed by atoms with E-state index in [4.69, 9.17) is 0 Å². The Labute approximate surface area is 125 Å². The van der Waals surface area contributed by atoms with Crippen LogP contribution in [0.3, 0.4) is 0 Å². The highest BCUT2D eigenvalue weighted by molar-refractivity contribution is 5.89. The van der Waals surface area contributed by atoms with Gasteiger partial charge in [0.15, 0.2) is 0 Å². The molecule has 0 spiro atoms. The largest absolute Gasteiger partial charge is 0.353 e. The third-order valence-corrected chi connectivity index (χ3v) is 4.74. The van der Waals surface area contributed by atoms with Gasteiger partial charge in [-0.2, -0.15) is 0 Å². The smallest absolute Gasteiger partial charge is 0.139 e. The van der Waals surface area contributed by atoms with Crippen molar-refractivity contribution in [1.82, 2.24) is 19.8 Å². The topological polar surface area (TPSA) is 35.5 Å². The van der Waals surface area contributed by atoms with Crippen LogP contribution in [0.4, 0.5) is 5.82 Å². The van der Waals surface area contributed by atoms with E-state index in [0.717, 1.165) is 29.8 Å². The number of hydrogen-bond donors (Lipinski definition) is 0. The van der Waals surface area contributed by atoms with Gasteiger partial charge in [-0.25, -0.2) is 9.97 Å². The third-order valence-electron chi connectivity index (χ3n) is 4.74. The summed E-state index contributed by atoms with van der Waals surface area (Å²) in [6.07, 6.45) is 1.68. The van der Waals surface area contributed by atoms with E-state index >= 15 is 0 Å². The molecule has 2 aliphatic rings. The molecule has 0 atom stereocenters. The molecule has 0 bridgehead atoms. The van der Waals surface area contributed by atoms with Crippen LogP contribution in [0.5, 0.6) is 0 Å². The molecule has 2 aromatic rings. The Morgan fingerprint density at radius 1 is 1.00 bits per heavy atom. The standard InChI is InChI=1S/C16H21N5/c1-19-6-8-20(9-7-19)13-10-21(11-13)16-14-4-2-3-5-15(14)17-12-18-16/h2-5,12-13H,6-11H2,1H3. The minimum Gasteiger partial charge on any atom is -0.353 e. The van der Waals surface area contributed by atoms with E-state index in [1.165, 1.54) is 26.2 Å². The normalized spacial score (nSPS) is 21.7. The van der Waals surface area contributed by atoms with Gasteiger partial charge >= 0.3 is 0 Å². The number of para-hydroxylation sites is 1. The second-order valence-electron chi connectivity index (χ2n) is 6.11. The Morgan fingerprint density at radius 3 is 2.57 bits per heavy atom. The van der Waals surface area contributed by atoms with E-state index < -0.39 is 0 Å². The maximum Gasteiger partial charge on any atom is 0.139 e. The molecule has 0 N–H and O–H groups in total. The molecule has 3 heterocycles. The molecule has 110 valence electrons. The van der Waals surface area contributed by atoms with Crippen LogP contribution in [-0.2, 0) is 0 Å². The van der Waals surface area contributed by atoms with Crippen LogP contribution in [0.25, 0.3) is 10.9 Å². The zero-order valence-electron chi connectivity index (χ0n) is 12.4. The fraction of sp³-hybridized carbons (Fsp3) is 0.500. The molecule has 2 saturated heterocycles. The first kappa shape index (κ1) is 13.0. The van der Waals surface area contributed by atoms with Crippen LogP contribution in [0.2, 0.25) is 0 Å².